The minimum absolute atomic E-state index is 0.442. The topological polar surface area (TPSA) is 0 Å². The van der Waals surface area contributed by atoms with Gasteiger partial charge in [-0.3, -0.25) is 0 Å². The zero-order chi connectivity index (χ0) is 10.3. The highest BCUT2D eigenvalue weighted by Crippen LogP contribution is 2.50. The first-order chi connectivity index (χ1) is 6.52. The predicted molar refractivity (Wildman–Crippen MR) is 61.5 cm³/mol. The van der Waals surface area contributed by atoms with Crippen LogP contribution in [0.5, 0.6) is 0 Å². The number of hydrogen-bond acceptors (Lipinski definition) is 0. The van der Waals surface area contributed by atoms with Crippen LogP contribution in [-0.2, 0) is 6.42 Å². The van der Waals surface area contributed by atoms with E-state index in [0.717, 1.165) is 11.8 Å². The summed E-state index contributed by atoms with van der Waals surface area (Å²) in [5.74, 6) is 1.48. The molecule has 0 heteroatoms. The lowest BCUT2D eigenvalue weighted by molar-refractivity contribution is 0.256. The van der Waals surface area contributed by atoms with Crippen molar-refractivity contribution in [1.29, 1.82) is 0 Å². The van der Waals surface area contributed by atoms with Gasteiger partial charge in [0, 0.05) is 0 Å². The first-order valence-corrected chi connectivity index (χ1v) is 5.60. The third kappa shape index (κ3) is 1.37. The van der Waals surface area contributed by atoms with Gasteiger partial charge in [0.15, 0.2) is 0 Å². The van der Waals surface area contributed by atoms with Gasteiger partial charge in [0.25, 0.3) is 0 Å². The summed E-state index contributed by atoms with van der Waals surface area (Å²) in [4.78, 5) is 0. The van der Waals surface area contributed by atoms with E-state index in [1.165, 1.54) is 6.42 Å². The molecule has 1 aliphatic carbocycles. The highest BCUT2D eigenvalue weighted by Gasteiger charge is 2.39. The molecule has 0 saturated heterocycles. The second-order valence-electron chi connectivity index (χ2n) is 5.59. The normalized spacial score (nSPS) is 23.9. The van der Waals surface area contributed by atoms with Gasteiger partial charge in [-0.25, -0.2) is 0 Å². The summed E-state index contributed by atoms with van der Waals surface area (Å²) < 4.78 is 0. The number of benzene rings is 1. The Labute approximate surface area is 87.3 Å². The van der Waals surface area contributed by atoms with E-state index in [4.69, 9.17) is 0 Å². The van der Waals surface area contributed by atoms with Gasteiger partial charge in [-0.05, 0) is 34.8 Å². The van der Waals surface area contributed by atoms with Crippen molar-refractivity contribution in [3.05, 3.63) is 35.4 Å². The highest BCUT2D eigenvalue weighted by atomic mass is 14.4. The van der Waals surface area contributed by atoms with Crippen LogP contribution in [0.2, 0.25) is 0 Å². The van der Waals surface area contributed by atoms with Gasteiger partial charge in [-0.2, -0.15) is 0 Å². The van der Waals surface area contributed by atoms with E-state index in [-0.39, 0.29) is 0 Å². The highest BCUT2D eigenvalue weighted by molar-refractivity contribution is 5.38. The maximum absolute atomic E-state index is 2.40. The molecule has 1 atom stereocenters. The molecular weight excluding hydrogens is 168 g/mol. The van der Waals surface area contributed by atoms with Gasteiger partial charge in [0.05, 0.1) is 0 Å². The van der Waals surface area contributed by atoms with Crippen molar-refractivity contribution < 1.29 is 0 Å². The maximum Gasteiger partial charge on any atom is -0.00816 e. The van der Waals surface area contributed by atoms with Crippen molar-refractivity contribution in [1.82, 2.24) is 0 Å². The average Bonchev–Trinajstić information content (AvgIpc) is 2.33. The first kappa shape index (κ1) is 9.76. The Morgan fingerprint density at radius 1 is 1.21 bits per heavy atom. The first-order valence-electron chi connectivity index (χ1n) is 5.60. The van der Waals surface area contributed by atoms with Gasteiger partial charge in [-0.15, -0.1) is 0 Å². The largest absolute Gasteiger partial charge is 0.0622 e. The molecule has 0 aromatic heterocycles. The molecule has 2 rings (SSSR count). The van der Waals surface area contributed by atoms with Crippen molar-refractivity contribution in [2.75, 3.05) is 0 Å². The minimum atomic E-state index is 0.442. The maximum atomic E-state index is 2.40. The molecule has 0 fully saturated rings. The van der Waals surface area contributed by atoms with Crippen LogP contribution in [0.25, 0.3) is 0 Å². The Morgan fingerprint density at radius 3 is 2.50 bits per heavy atom. The second kappa shape index (κ2) is 3.12. The predicted octanol–water partition coefficient (Wildman–Crippen LogP) is 4.01. The van der Waals surface area contributed by atoms with Crippen LogP contribution in [-0.4, -0.2) is 0 Å². The van der Waals surface area contributed by atoms with Gasteiger partial charge < -0.3 is 0 Å². The molecule has 0 bridgehead atoms. The van der Waals surface area contributed by atoms with Crippen molar-refractivity contribution in [2.24, 2.45) is 11.3 Å². The molecule has 1 aliphatic rings. The van der Waals surface area contributed by atoms with Crippen molar-refractivity contribution in [3.8, 4) is 0 Å². The van der Waals surface area contributed by atoms with E-state index < -0.39 is 0 Å². The van der Waals surface area contributed by atoms with Crippen LogP contribution in [0.3, 0.4) is 0 Å². The monoisotopic (exact) mass is 188 g/mol. The fraction of sp³-hybridized carbons (Fsp3) is 0.571. The summed E-state index contributed by atoms with van der Waals surface area (Å²) in [6, 6.07) is 8.95. The van der Waals surface area contributed by atoms with Crippen LogP contribution >= 0.6 is 0 Å². The minimum Gasteiger partial charge on any atom is -0.0622 e. The standard InChI is InChI=1S/C14H20/c1-10(2)13-12-8-6-5-7-11(12)9-14(13,3)4/h5-8,10,13H,9H2,1-4H3. The van der Waals surface area contributed by atoms with Crippen molar-refractivity contribution >= 4 is 0 Å². The van der Waals surface area contributed by atoms with Gasteiger partial charge in [0.2, 0.25) is 0 Å². The van der Waals surface area contributed by atoms with E-state index in [1.807, 2.05) is 0 Å². The van der Waals surface area contributed by atoms with E-state index in [9.17, 15) is 0 Å². The summed E-state index contributed by atoms with van der Waals surface area (Å²) in [6.45, 7) is 9.48. The average molecular weight is 188 g/mol. The number of fused-ring (bicyclic) bond motifs is 1. The molecule has 0 spiro atoms. The number of rotatable bonds is 1. The van der Waals surface area contributed by atoms with Gasteiger partial charge in [0.1, 0.15) is 0 Å². The lowest BCUT2D eigenvalue weighted by Crippen LogP contribution is -2.21. The third-order valence-corrected chi connectivity index (χ3v) is 3.54. The summed E-state index contributed by atoms with van der Waals surface area (Å²) in [5, 5.41) is 0. The Bertz CT molecular complexity index is 334. The molecule has 0 amide bonds. The zero-order valence-corrected chi connectivity index (χ0v) is 9.67. The SMILES string of the molecule is CC(C)C1c2ccccc2CC1(C)C. The zero-order valence-electron chi connectivity index (χ0n) is 9.67. The second-order valence-corrected chi connectivity index (χ2v) is 5.59. The van der Waals surface area contributed by atoms with Gasteiger partial charge in [-0.1, -0.05) is 52.0 Å². The molecule has 0 aliphatic heterocycles. The lowest BCUT2D eigenvalue weighted by Gasteiger charge is -2.30. The van der Waals surface area contributed by atoms with E-state index in [0.29, 0.717) is 5.41 Å². The molecule has 0 saturated carbocycles. The summed E-state index contributed by atoms with van der Waals surface area (Å²) in [6.07, 6.45) is 1.24. The number of hydrogen-bond donors (Lipinski definition) is 0. The molecule has 0 radical (unpaired) electrons. The molecule has 0 heterocycles. The van der Waals surface area contributed by atoms with Crippen LogP contribution in [0.1, 0.15) is 44.7 Å². The smallest absolute Gasteiger partial charge is 0.00816 e. The van der Waals surface area contributed by atoms with Gasteiger partial charge >= 0.3 is 0 Å². The quantitative estimate of drug-likeness (QED) is 0.624. The summed E-state index contributed by atoms with van der Waals surface area (Å²) in [5.41, 5.74) is 3.60. The van der Waals surface area contributed by atoms with E-state index in [2.05, 4.69) is 52.0 Å². The fourth-order valence-electron chi connectivity index (χ4n) is 3.28. The lowest BCUT2D eigenvalue weighted by atomic mass is 9.74. The molecule has 1 aromatic carbocycles. The summed E-state index contributed by atoms with van der Waals surface area (Å²) in [7, 11) is 0. The Balaban J connectivity index is 2.48. The molecule has 1 aromatic rings. The van der Waals surface area contributed by atoms with Crippen LogP contribution < -0.4 is 0 Å². The molecular formula is C14H20. The van der Waals surface area contributed by atoms with Crippen LogP contribution in [0.15, 0.2) is 24.3 Å². The molecule has 76 valence electrons. The van der Waals surface area contributed by atoms with E-state index in [1.54, 1.807) is 11.1 Å². The van der Waals surface area contributed by atoms with Crippen LogP contribution in [0.4, 0.5) is 0 Å². The Kier molecular flexibility index (Phi) is 2.17. The Hall–Kier alpha value is -0.780. The summed E-state index contributed by atoms with van der Waals surface area (Å²) >= 11 is 0. The fourth-order valence-corrected chi connectivity index (χ4v) is 3.28. The molecule has 0 N–H and O–H groups in total. The van der Waals surface area contributed by atoms with Crippen LogP contribution in [0, 0.1) is 11.3 Å². The third-order valence-electron chi connectivity index (χ3n) is 3.54. The van der Waals surface area contributed by atoms with Crippen molar-refractivity contribution in [3.63, 3.8) is 0 Å². The van der Waals surface area contributed by atoms with E-state index >= 15 is 0 Å². The molecule has 1 unspecified atom stereocenters. The molecule has 14 heavy (non-hydrogen) atoms. The Morgan fingerprint density at radius 2 is 1.86 bits per heavy atom. The molecule has 0 nitrogen and oxygen atoms in total. The van der Waals surface area contributed by atoms with Crippen molar-refractivity contribution in [2.45, 2.75) is 40.0 Å².